The average Bonchev–Trinajstić information content (AvgIpc) is 2.70. The van der Waals surface area contributed by atoms with Gasteiger partial charge in [0.05, 0.1) is 23.9 Å². The Hall–Kier alpha value is -1.38. The molecule has 0 aliphatic rings. The fourth-order valence-corrected chi connectivity index (χ4v) is 2.33. The van der Waals surface area contributed by atoms with E-state index >= 15 is 0 Å². The smallest absolute Gasteiger partial charge is 0.412 e. The number of nitrogens with one attached hydrogen (secondary N) is 1. The number of fused-ring (bicyclic) bond motifs is 1. The molecule has 0 aliphatic heterocycles. The summed E-state index contributed by atoms with van der Waals surface area (Å²) in [6.45, 7) is 5.96. The molecular formula is C14H17FIN3O2. The van der Waals surface area contributed by atoms with E-state index in [0.717, 1.165) is 9.81 Å². The quantitative estimate of drug-likeness (QED) is 0.622. The molecule has 0 spiro atoms. The summed E-state index contributed by atoms with van der Waals surface area (Å²) in [5.74, 6) is -0.511. The van der Waals surface area contributed by atoms with E-state index in [9.17, 15) is 9.18 Å². The molecule has 1 aromatic carbocycles. The maximum atomic E-state index is 14.1. The molecule has 1 aromatic heterocycles. The van der Waals surface area contributed by atoms with Crippen LogP contribution in [0.15, 0.2) is 18.3 Å². The van der Waals surface area contributed by atoms with Crippen LogP contribution in [0.5, 0.6) is 0 Å². The second-order valence-electron chi connectivity index (χ2n) is 5.57. The van der Waals surface area contributed by atoms with Crippen LogP contribution < -0.4 is 5.32 Å². The second-order valence-corrected chi connectivity index (χ2v) is 6.65. The number of rotatable bonds is 3. The fraction of sp³-hybridized carbons (Fsp3) is 0.429. The molecule has 0 unspecified atom stereocenters. The molecule has 0 atom stereocenters. The highest BCUT2D eigenvalue weighted by Crippen LogP contribution is 2.23. The van der Waals surface area contributed by atoms with Gasteiger partial charge in [0.25, 0.3) is 0 Å². The van der Waals surface area contributed by atoms with Gasteiger partial charge in [-0.25, -0.2) is 9.18 Å². The SMILES string of the molecule is CC(C)(C)OC(=O)Nc1cc2cnn(CCI)c2cc1F. The number of nitrogens with zero attached hydrogens (tertiary/aromatic N) is 2. The third kappa shape index (κ3) is 4.05. The molecule has 2 aromatic rings. The Morgan fingerprint density at radius 2 is 2.19 bits per heavy atom. The van der Waals surface area contributed by atoms with E-state index in [2.05, 4.69) is 33.0 Å². The van der Waals surface area contributed by atoms with Gasteiger partial charge in [-0.15, -0.1) is 0 Å². The number of amides is 1. The maximum absolute atomic E-state index is 14.1. The van der Waals surface area contributed by atoms with Crippen molar-refractivity contribution in [3.8, 4) is 0 Å². The van der Waals surface area contributed by atoms with Crippen LogP contribution in [-0.2, 0) is 11.3 Å². The van der Waals surface area contributed by atoms with Crippen molar-refractivity contribution < 1.29 is 13.9 Å². The van der Waals surface area contributed by atoms with Crippen molar-refractivity contribution in [1.29, 1.82) is 0 Å². The summed E-state index contributed by atoms with van der Waals surface area (Å²) in [6.07, 6.45) is 0.974. The number of alkyl halides is 1. The zero-order valence-corrected chi connectivity index (χ0v) is 14.3. The lowest BCUT2D eigenvalue weighted by Gasteiger charge is -2.19. The molecule has 7 heteroatoms. The summed E-state index contributed by atoms with van der Waals surface area (Å²) >= 11 is 2.24. The number of carbonyl (C=O) groups excluding carboxylic acids is 1. The topological polar surface area (TPSA) is 56.1 Å². The van der Waals surface area contributed by atoms with Gasteiger partial charge in [0, 0.05) is 15.9 Å². The predicted octanol–water partition coefficient (Wildman–Crippen LogP) is 3.96. The van der Waals surface area contributed by atoms with Crippen molar-refractivity contribution in [3.05, 3.63) is 24.1 Å². The van der Waals surface area contributed by atoms with Crippen molar-refractivity contribution in [2.24, 2.45) is 0 Å². The van der Waals surface area contributed by atoms with Crippen LogP contribution in [0.1, 0.15) is 20.8 Å². The molecule has 0 bridgehead atoms. The first-order valence-corrected chi connectivity index (χ1v) is 8.04. The molecule has 0 aliphatic carbocycles. The minimum atomic E-state index is -0.680. The summed E-state index contributed by atoms with van der Waals surface area (Å²) in [5.41, 5.74) is 0.167. The van der Waals surface area contributed by atoms with Crippen molar-refractivity contribution >= 4 is 45.3 Å². The fourth-order valence-electron chi connectivity index (χ4n) is 1.87. The Kier molecular flexibility index (Phi) is 4.70. The zero-order valence-electron chi connectivity index (χ0n) is 12.1. The second kappa shape index (κ2) is 6.17. The molecule has 1 amide bonds. The van der Waals surface area contributed by atoms with Crippen molar-refractivity contribution in [2.75, 3.05) is 9.74 Å². The van der Waals surface area contributed by atoms with E-state index in [1.54, 1.807) is 37.7 Å². The third-order valence-electron chi connectivity index (χ3n) is 2.66. The van der Waals surface area contributed by atoms with Gasteiger partial charge in [-0.1, -0.05) is 22.6 Å². The molecule has 2 rings (SSSR count). The summed E-state index contributed by atoms with van der Waals surface area (Å²) in [4.78, 5) is 11.7. The number of anilines is 1. The van der Waals surface area contributed by atoms with Crippen LogP contribution in [-0.4, -0.2) is 25.9 Å². The van der Waals surface area contributed by atoms with Crippen molar-refractivity contribution in [1.82, 2.24) is 9.78 Å². The summed E-state index contributed by atoms with van der Waals surface area (Å²) in [7, 11) is 0. The van der Waals surface area contributed by atoms with Crippen molar-refractivity contribution in [2.45, 2.75) is 32.9 Å². The third-order valence-corrected chi connectivity index (χ3v) is 3.14. The first-order chi connectivity index (χ1) is 9.80. The van der Waals surface area contributed by atoms with Gasteiger partial charge in [0.15, 0.2) is 0 Å². The van der Waals surface area contributed by atoms with Gasteiger partial charge in [0.1, 0.15) is 11.4 Å². The van der Waals surface area contributed by atoms with Gasteiger partial charge in [-0.2, -0.15) is 5.10 Å². The van der Waals surface area contributed by atoms with Gasteiger partial charge in [0.2, 0.25) is 0 Å². The van der Waals surface area contributed by atoms with E-state index in [0.29, 0.717) is 12.1 Å². The predicted molar refractivity (Wildman–Crippen MR) is 88.4 cm³/mol. The highest BCUT2D eigenvalue weighted by Gasteiger charge is 2.18. The average molecular weight is 405 g/mol. The Morgan fingerprint density at radius 1 is 1.48 bits per heavy atom. The molecule has 21 heavy (non-hydrogen) atoms. The summed E-state index contributed by atoms with van der Waals surface area (Å²) < 4.78 is 21.8. The Balaban J connectivity index is 2.25. The first-order valence-electron chi connectivity index (χ1n) is 6.51. The van der Waals surface area contributed by atoms with Gasteiger partial charge >= 0.3 is 6.09 Å². The van der Waals surface area contributed by atoms with Crippen LogP contribution in [0.25, 0.3) is 10.9 Å². The largest absolute Gasteiger partial charge is 0.444 e. The highest BCUT2D eigenvalue weighted by atomic mass is 127. The van der Waals surface area contributed by atoms with E-state index in [4.69, 9.17) is 4.74 Å². The minimum Gasteiger partial charge on any atom is -0.444 e. The Morgan fingerprint density at radius 3 is 2.81 bits per heavy atom. The summed E-state index contributed by atoms with van der Waals surface area (Å²) in [5, 5.41) is 7.40. The Bertz CT molecular complexity index is 664. The molecule has 5 nitrogen and oxygen atoms in total. The number of carbonyl (C=O) groups is 1. The number of aryl methyl sites for hydroxylation is 1. The zero-order chi connectivity index (χ0) is 15.6. The molecule has 0 saturated carbocycles. The maximum Gasteiger partial charge on any atom is 0.412 e. The number of halogens is 2. The normalized spacial score (nSPS) is 11.7. The van der Waals surface area contributed by atoms with Gasteiger partial charge < -0.3 is 4.74 Å². The number of aromatic nitrogens is 2. The summed E-state index contributed by atoms with van der Waals surface area (Å²) in [6, 6.07) is 2.94. The highest BCUT2D eigenvalue weighted by molar-refractivity contribution is 14.1. The molecule has 0 fully saturated rings. The standard InChI is InChI=1S/C14H17FIN3O2/c1-14(2,3)21-13(20)18-11-6-9-8-17-19(5-4-16)12(9)7-10(11)15/h6-8H,4-5H2,1-3H3,(H,18,20). The van der Waals surface area contributed by atoms with Crippen LogP contribution in [0.4, 0.5) is 14.9 Å². The molecule has 0 saturated heterocycles. The number of hydrogen-bond acceptors (Lipinski definition) is 3. The van der Waals surface area contributed by atoms with E-state index in [-0.39, 0.29) is 5.69 Å². The molecule has 1 N–H and O–H groups in total. The monoisotopic (exact) mass is 405 g/mol. The van der Waals surface area contributed by atoms with Crippen molar-refractivity contribution in [3.63, 3.8) is 0 Å². The first kappa shape index (κ1) is 16.0. The van der Waals surface area contributed by atoms with Crippen LogP contribution in [0, 0.1) is 5.82 Å². The van der Waals surface area contributed by atoms with Gasteiger partial charge in [-0.05, 0) is 26.8 Å². The van der Waals surface area contributed by atoms with Gasteiger partial charge in [-0.3, -0.25) is 10.00 Å². The lowest BCUT2D eigenvalue weighted by Crippen LogP contribution is -2.27. The van der Waals surface area contributed by atoms with Crippen LogP contribution in [0.3, 0.4) is 0 Å². The number of benzene rings is 1. The van der Waals surface area contributed by atoms with E-state index in [1.165, 1.54) is 6.07 Å². The van der Waals surface area contributed by atoms with Crippen LogP contribution >= 0.6 is 22.6 Å². The minimum absolute atomic E-state index is 0.0887. The van der Waals surface area contributed by atoms with E-state index < -0.39 is 17.5 Å². The number of ether oxygens (including phenoxy) is 1. The van der Waals surface area contributed by atoms with E-state index in [1.807, 2.05) is 0 Å². The molecule has 1 heterocycles. The lowest BCUT2D eigenvalue weighted by molar-refractivity contribution is 0.0635. The lowest BCUT2D eigenvalue weighted by atomic mass is 10.2. The Labute approximate surface area is 136 Å². The van der Waals surface area contributed by atoms with Crippen LogP contribution in [0.2, 0.25) is 0 Å². The molecule has 0 radical (unpaired) electrons. The molecular weight excluding hydrogens is 388 g/mol. The molecule has 114 valence electrons. The number of hydrogen-bond donors (Lipinski definition) is 1.